The third kappa shape index (κ3) is 6.19. The molecule has 1 amide bonds. The van der Waals surface area contributed by atoms with Crippen LogP contribution in [0, 0.1) is 11.3 Å². The van der Waals surface area contributed by atoms with Crippen LogP contribution >= 0.6 is 23.2 Å². The summed E-state index contributed by atoms with van der Waals surface area (Å²) >= 11 is 12.6. The fourth-order valence-electron chi connectivity index (χ4n) is 5.60. The number of carbonyl (C=O) groups is 2. The fourth-order valence-corrected chi connectivity index (χ4v) is 7.32. The van der Waals surface area contributed by atoms with Crippen molar-refractivity contribution in [2.75, 3.05) is 6.54 Å². The van der Waals surface area contributed by atoms with Crippen LogP contribution in [0.4, 0.5) is 0 Å². The summed E-state index contributed by atoms with van der Waals surface area (Å²) in [6, 6.07) is 13.7. The molecular formula is C28H34Cl2N2O5S. The Morgan fingerprint density at radius 1 is 1.11 bits per heavy atom. The van der Waals surface area contributed by atoms with Crippen LogP contribution in [0.15, 0.2) is 48.5 Å². The molecule has 38 heavy (non-hydrogen) atoms. The molecule has 10 heteroatoms. The van der Waals surface area contributed by atoms with E-state index >= 15 is 0 Å². The van der Waals surface area contributed by atoms with Crippen molar-refractivity contribution in [3.63, 3.8) is 0 Å². The minimum absolute atomic E-state index is 0.0394. The van der Waals surface area contributed by atoms with Crippen LogP contribution in [0.1, 0.15) is 69.5 Å². The van der Waals surface area contributed by atoms with Gasteiger partial charge in [0.05, 0.1) is 23.1 Å². The molecule has 0 spiro atoms. The van der Waals surface area contributed by atoms with Gasteiger partial charge in [0, 0.05) is 28.5 Å². The van der Waals surface area contributed by atoms with Gasteiger partial charge in [-0.05, 0) is 60.6 Å². The van der Waals surface area contributed by atoms with Crippen LogP contribution in [0.3, 0.4) is 0 Å². The molecule has 2 N–H and O–H groups in total. The molecule has 0 aromatic heterocycles. The van der Waals surface area contributed by atoms with E-state index in [9.17, 15) is 23.1 Å². The second kappa shape index (κ2) is 11.2. The highest BCUT2D eigenvalue weighted by atomic mass is 35.5. The lowest BCUT2D eigenvalue weighted by atomic mass is 9.66. The summed E-state index contributed by atoms with van der Waals surface area (Å²) in [6.07, 6.45) is 1.21. The summed E-state index contributed by atoms with van der Waals surface area (Å²) in [6.45, 7) is 5.62. The van der Waals surface area contributed by atoms with E-state index < -0.39 is 38.7 Å². The third-order valence-corrected chi connectivity index (χ3v) is 10.1. The summed E-state index contributed by atoms with van der Waals surface area (Å²) in [4.78, 5) is 28.0. The van der Waals surface area contributed by atoms with Gasteiger partial charge in [-0.3, -0.25) is 9.59 Å². The van der Waals surface area contributed by atoms with E-state index in [1.165, 1.54) is 0 Å². The number of piperidine rings is 1. The van der Waals surface area contributed by atoms with E-state index in [-0.39, 0.29) is 30.7 Å². The number of carboxylic acid groups (broad SMARTS) is 1. The quantitative estimate of drug-likeness (QED) is 0.378. The second-order valence-corrected chi connectivity index (χ2v) is 14.0. The number of halogens is 2. The van der Waals surface area contributed by atoms with Gasteiger partial charge in [-0.25, -0.2) is 13.1 Å². The average molecular weight is 582 g/mol. The van der Waals surface area contributed by atoms with E-state index in [0.717, 1.165) is 11.1 Å². The van der Waals surface area contributed by atoms with E-state index in [2.05, 4.69) is 4.72 Å². The maximum Gasteiger partial charge on any atom is 0.304 e. The van der Waals surface area contributed by atoms with E-state index in [1.807, 2.05) is 44.2 Å². The lowest BCUT2D eigenvalue weighted by Gasteiger charge is -2.52. The fraction of sp³-hybridized carbons (Fsp3) is 0.500. The van der Waals surface area contributed by atoms with Gasteiger partial charge in [0.1, 0.15) is 0 Å². The maximum atomic E-state index is 14.3. The standard InChI is InChI=1S/C28H34Cl2N2O5S/c1-17(2)24(16-31-38(36,37)22-11-12-22)32-26(18-7-9-20(29)10-8-18)23(19-5-4-6-21(30)13-19)14-28(3,27(32)35)15-25(33)34/h4-10,13,17,22-24,26,31H,11-12,14-16H2,1-3H3,(H,33,34). The van der Waals surface area contributed by atoms with Crippen molar-refractivity contribution >= 4 is 45.1 Å². The van der Waals surface area contributed by atoms with Crippen molar-refractivity contribution in [1.29, 1.82) is 0 Å². The van der Waals surface area contributed by atoms with Crippen molar-refractivity contribution in [2.45, 2.75) is 69.7 Å². The van der Waals surface area contributed by atoms with Gasteiger partial charge in [-0.1, -0.05) is 68.2 Å². The predicted molar refractivity (Wildman–Crippen MR) is 149 cm³/mol. The highest BCUT2D eigenvalue weighted by Gasteiger charge is 2.53. The molecule has 1 aliphatic carbocycles. The van der Waals surface area contributed by atoms with Crippen molar-refractivity contribution < 1.29 is 23.1 Å². The van der Waals surface area contributed by atoms with Gasteiger partial charge in [0.25, 0.3) is 0 Å². The zero-order valence-corrected chi connectivity index (χ0v) is 24.1. The van der Waals surface area contributed by atoms with Crippen LogP contribution in [-0.4, -0.2) is 48.1 Å². The summed E-state index contributed by atoms with van der Waals surface area (Å²) in [7, 11) is -3.50. The molecule has 4 unspecified atom stereocenters. The summed E-state index contributed by atoms with van der Waals surface area (Å²) < 4.78 is 28.2. The first-order valence-electron chi connectivity index (χ1n) is 12.9. The molecule has 0 radical (unpaired) electrons. The second-order valence-electron chi connectivity index (χ2n) is 11.1. The minimum atomic E-state index is -3.50. The van der Waals surface area contributed by atoms with Crippen molar-refractivity contribution in [3.8, 4) is 0 Å². The SMILES string of the molecule is CC(C)C(CNS(=O)(=O)C1CC1)N1C(=O)C(C)(CC(=O)O)CC(c2cccc(Cl)c2)C1c1ccc(Cl)cc1. The summed E-state index contributed by atoms with van der Waals surface area (Å²) in [5.41, 5.74) is 0.512. The monoisotopic (exact) mass is 580 g/mol. The number of sulfonamides is 1. The highest BCUT2D eigenvalue weighted by Crippen LogP contribution is 2.52. The molecule has 1 heterocycles. The molecule has 206 valence electrons. The number of rotatable bonds is 10. The number of carboxylic acids is 1. The Labute approximate surface area is 234 Å². The Kier molecular flexibility index (Phi) is 8.48. The van der Waals surface area contributed by atoms with Crippen LogP contribution in [0.2, 0.25) is 10.0 Å². The Hall–Kier alpha value is -2.13. The first kappa shape index (κ1) is 28.9. The molecule has 1 saturated carbocycles. The first-order valence-corrected chi connectivity index (χ1v) is 15.2. The van der Waals surface area contributed by atoms with Crippen molar-refractivity contribution in [1.82, 2.24) is 9.62 Å². The van der Waals surface area contributed by atoms with Gasteiger partial charge in [-0.2, -0.15) is 0 Å². The number of aliphatic carboxylic acids is 1. The number of benzene rings is 2. The average Bonchev–Trinajstić information content (AvgIpc) is 3.68. The van der Waals surface area contributed by atoms with Gasteiger partial charge in [0.15, 0.2) is 0 Å². The molecule has 0 bridgehead atoms. The number of likely N-dealkylation sites (tertiary alicyclic amines) is 1. The van der Waals surface area contributed by atoms with E-state index in [1.54, 1.807) is 30.0 Å². The Morgan fingerprint density at radius 3 is 2.32 bits per heavy atom. The van der Waals surface area contributed by atoms with Crippen LogP contribution in [0.5, 0.6) is 0 Å². The zero-order valence-electron chi connectivity index (χ0n) is 21.7. The smallest absolute Gasteiger partial charge is 0.304 e. The normalized spacial score (nSPS) is 25.0. The molecule has 1 saturated heterocycles. The first-order chi connectivity index (χ1) is 17.8. The van der Waals surface area contributed by atoms with Crippen LogP contribution < -0.4 is 4.72 Å². The number of nitrogens with zero attached hydrogens (tertiary/aromatic N) is 1. The maximum absolute atomic E-state index is 14.3. The molecule has 4 rings (SSSR count). The van der Waals surface area contributed by atoms with Gasteiger partial charge < -0.3 is 10.0 Å². The number of carbonyl (C=O) groups excluding carboxylic acids is 1. The Morgan fingerprint density at radius 2 is 1.76 bits per heavy atom. The third-order valence-electron chi connectivity index (χ3n) is 7.72. The number of nitrogens with one attached hydrogen (secondary N) is 1. The van der Waals surface area contributed by atoms with Crippen molar-refractivity contribution in [2.24, 2.45) is 11.3 Å². The van der Waals surface area contributed by atoms with Gasteiger partial charge >= 0.3 is 5.97 Å². The predicted octanol–water partition coefficient (Wildman–Crippen LogP) is 5.64. The topological polar surface area (TPSA) is 104 Å². The summed E-state index contributed by atoms with van der Waals surface area (Å²) in [5.74, 6) is -1.78. The Bertz CT molecular complexity index is 1300. The molecule has 1 aliphatic heterocycles. The highest BCUT2D eigenvalue weighted by molar-refractivity contribution is 7.90. The molecule has 2 aliphatic rings. The molecule has 2 aromatic carbocycles. The van der Waals surface area contributed by atoms with Crippen LogP contribution in [0.25, 0.3) is 0 Å². The lowest BCUT2D eigenvalue weighted by molar-refractivity contribution is -0.161. The molecule has 2 aromatic rings. The zero-order chi connectivity index (χ0) is 27.8. The van der Waals surface area contributed by atoms with Gasteiger partial charge in [-0.15, -0.1) is 0 Å². The number of amides is 1. The molecule has 4 atom stereocenters. The van der Waals surface area contributed by atoms with Crippen molar-refractivity contribution in [3.05, 3.63) is 69.7 Å². The number of hydrogen-bond donors (Lipinski definition) is 2. The minimum Gasteiger partial charge on any atom is -0.481 e. The van der Waals surface area contributed by atoms with Gasteiger partial charge in [0.2, 0.25) is 15.9 Å². The molecule has 2 fully saturated rings. The lowest BCUT2D eigenvalue weighted by Crippen LogP contribution is -2.59. The molecular weight excluding hydrogens is 547 g/mol. The van der Waals surface area contributed by atoms with E-state index in [4.69, 9.17) is 23.2 Å². The summed E-state index contributed by atoms with van der Waals surface area (Å²) in [5, 5.41) is 10.5. The number of hydrogen-bond acceptors (Lipinski definition) is 4. The Balaban J connectivity index is 1.87. The largest absolute Gasteiger partial charge is 0.481 e. The molecule has 7 nitrogen and oxygen atoms in total. The van der Waals surface area contributed by atoms with E-state index in [0.29, 0.717) is 29.3 Å². The van der Waals surface area contributed by atoms with Crippen LogP contribution in [-0.2, 0) is 19.6 Å².